The number of rotatable bonds is 2. The Hall–Kier alpha value is -1.23. The van der Waals surface area contributed by atoms with E-state index in [1.807, 2.05) is 48.5 Å². The van der Waals surface area contributed by atoms with Crippen molar-refractivity contribution in [2.24, 2.45) is 0 Å². The Bertz CT molecular complexity index is 768. The van der Waals surface area contributed by atoms with Gasteiger partial charge in [-0.2, -0.15) is 0 Å². The van der Waals surface area contributed by atoms with Crippen molar-refractivity contribution in [3.8, 4) is 0 Å². The summed E-state index contributed by atoms with van der Waals surface area (Å²) >= 11 is 6.94. The summed E-state index contributed by atoms with van der Waals surface area (Å²) in [6.45, 7) is 0. The topological polar surface area (TPSA) is 33.1 Å². The molecule has 0 radical (unpaired) electrons. The first-order valence-electron chi connectivity index (χ1n) is 6.13. The molecule has 3 aromatic rings. The Labute approximate surface area is 133 Å². The molecule has 0 saturated carbocycles. The minimum atomic E-state index is -0.699. The third kappa shape index (κ3) is 2.51. The van der Waals surface area contributed by atoms with Gasteiger partial charge in [0.15, 0.2) is 0 Å². The molecule has 2 nitrogen and oxygen atoms in total. The highest BCUT2D eigenvalue weighted by Gasteiger charge is 2.16. The summed E-state index contributed by atoms with van der Waals surface area (Å²) in [5.74, 6) is 0. The Balaban J connectivity index is 2.17. The zero-order chi connectivity index (χ0) is 14.1. The lowest BCUT2D eigenvalue weighted by molar-refractivity contribution is 0.221. The van der Waals surface area contributed by atoms with Gasteiger partial charge in [-0.15, -0.1) is 0 Å². The summed E-state index contributed by atoms with van der Waals surface area (Å²) in [5, 5.41) is 11.7. The van der Waals surface area contributed by atoms with Crippen LogP contribution in [0.5, 0.6) is 0 Å². The van der Waals surface area contributed by atoms with E-state index < -0.39 is 6.10 Å². The summed E-state index contributed by atoms with van der Waals surface area (Å²) in [6, 6.07) is 15.4. The van der Waals surface area contributed by atoms with Crippen LogP contribution in [0, 0.1) is 0 Å². The Morgan fingerprint density at radius 2 is 1.80 bits per heavy atom. The quantitative estimate of drug-likeness (QED) is 0.676. The number of aliphatic hydroxyl groups is 1. The number of halogens is 2. The first kappa shape index (κ1) is 13.7. The Morgan fingerprint density at radius 3 is 2.65 bits per heavy atom. The Kier molecular flexibility index (Phi) is 3.87. The highest BCUT2D eigenvalue weighted by molar-refractivity contribution is 9.11. The molecule has 1 atom stereocenters. The minimum Gasteiger partial charge on any atom is -0.384 e. The average Bonchev–Trinajstić information content (AvgIpc) is 2.48. The molecule has 0 saturated heterocycles. The van der Waals surface area contributed by atoms with Crippen LogP contribution in [0.2, 0.25) is 0 Å². The van der Waals surface area contributed by atoms with Gasteiger partial charge in [0.1, 0.15) is 6.10 Å². The van der Waals surface area contributed by atoms with Crippen molar-refractivity contribution in [1.82, 2.24) is 4.98 Å². The fourth-order valence-electron chi connectivity index (χ4n) is 2.26. The molecule has 0 fully saturated rings. The van der Waals surface area contributed by atoms with Crippen molar-refractivity contribution in [2.75, 3.05) is 0 Å². The molecule has 1 unspecified atom stereocenters. The van der Waals surface area contributed by atoms with Crippen molar-refractivity contribution in [3.63, 3.8) is 0 Å². The first-order chi connectivity index (χ1) is 9.66. The van der Waals surface area contributed by atoms with Crippen molar-refractivity contribution < 1.29 is 5.11 Å². The lowest BCUT2D eigenvalue weighted by atomic mass is 9.98. The van der Waals surface area contributed by atoms with E-state index in [9.17, 15) is 5.11 Å². The molecule has 1 aromatic heterocycles. The normalized spacial score (nSPS) is 12.6. The number of nitrogens with zero attached hydrogens (tertiary/aromatic N) is 1. The summed E-state index contributed by atoms with van der Waals surface area (Å²) in [7, 11) is 0. The third-order valence-corrected chi connectivity index (χ3v) is 4.44. The fourth-order valence-corrected chi connectivity index (χ4v) is 3.10. The third-order valence-electron chi connectivity index (χ3n) is 3.23. The average molecular weight is 393 g/mol. The number of hydrogen-bond donors (Lipinski definition) is 1. The zero-order valence-electron chi connectivity index (χ0n) is 10.4. The van der Waals surface area contributed by atoms with Crippen LogP contribution < -0.4 is 0 Å². The molecule has 4 heteroatoms. The molecule has 0 aliphatic rings. The lowest BCUT2D eigenvalue weighted by Gasteiger charge is -2.15. The van der Waals surface area contributed by atoms with Gasteiger partial charge in [0, 0.05) is 26.1 Å². The largest absolute Gasteiger partial charge is 0.384 e. The number of pyridine rings is 1. The molecule has 0 bridgehead atoms. The number of aromatic nitrogens is 1. The van der Waals surface area contributed by atoms with Crippen LogP contribution in [-0.2, 0) is 0 Å². The van der Waals surface area contributed by atoms with Crippen LogP contribution in [0.15, 0.2) is 63.7 Å². The van der Waals surface area contributed by atoms with Gasteiger partial charge in [-0.1, -0.05) is 50.1 Å². The molecule has 3 rings (SSSR count). The first-order valence-corrected chi connectivity index (χ1v) is 7.72. The summed E-state index contributed by atoms with van der Waals surface area (Å²) in [6.07, 6.45) is 1.06. The molecular formula is C16H11Br2NO. The maximum Gasteiger partial charge on any atom is 0.106 e. The van der Waals surface area contributed by atoms with E-state index in [0.717, 1.165) is 31.0 Å². The van der Waals surface area contributed by atoms with Crippen LogP contribution in [0.1, 0.15) is 17.2 Å². The number of hydrogen-bond acceptors (Lipinski definition) is 2. The second-order valence-electron chi connectivity index (χ2n) is 4.49. The van der Waals surface area contributed by atoms with Crippen LogP contribution >= 0.6 is 31.9 Å². The minimum absolute atomic E-state index is 0.699. The second-order valence-corrected chi connectivity index (χ2v) is 6.26. The van der Waals surface area contributed by atoms with Crippen molar-refractivity contribution in [3.05, 3.63) is 74.8 Å². The number of aliphatic hydroxyl groups excluding tert-OH is 1. The van der Waals surface area contributed by atoms with Gasteiger partial charge in [0.2, 0.25) is 0 Å². The van der Waals surface area contributed by atoms with E-state index in [-0.39, 0.29) is 0 Å². The molecule has 1 heterocycles. The molecule has 1 N–H and O–H groups in total. The van der Waals surface area contributed by atoms with E-state index >= 15 is 0 Å². The van der Waals surface area contributed by atoms with Gasteiger partial charge in [0.25, 0.3) is 0 Å². The van der Waals surface area contributed by atoms with Crippen LogP contribution in [0.4, 0.5) is 0 Å². The zero-order valence-corrected chi connectivity index (χ0v) is 13.6. The highest BCUT2D eigenvalue weighted by Crippen LogP contribution is 2.33. The van der Waals surface area contributed by atoms with Gasteiger partial charge in [-0.25, -0.2) is 0 Å². The van der Waals surface area contributed by atoms with Crippen LogP contribution in [-0.4, -0.2) is 10.1 Å². The van der Waals surface area contributed by atoms with Gasteiger partial charge < -0.3 is 5.11 Å². The summed E-state index contributed by atoms with van der Waals surface area (Å²) in [5.41, 5.74) is 2.57. The van der Waals surface area contributed by atoms with E-state index in [4.69, 9.17) is 0 Å². The molecule has 0 aliphatic heterocycles. The van der Waals surface area contributed by atoms with Crippen molar-refractivity contribution in [1.29, 1.82) is 0 Å². The Morgan fingerprint density at radius 1 is 0.950 bits per heavy atom. The van der Waals surface area contributed by atoms with Gasteiger partial charge in [0.05, 0.1) is 5.52 Å². The molecule has 0 aliphatic carbocycles. The van der Waals surface area contributed by atoms with Gasteiger partial charge in [-0.05, 0) is 35.9 Å². The van der Waals surface area contributed by atoms with E-state index in [0.29, 0.717) is 0 Å². The molecule has 20 heavy (non-hydrogen) atoms. The van der Waals surface area contributed by atoms with Crippen molar-refractivity contribution >= 4 is 42.8 Å². The maximum atomic E-state index is 10.7. The monoisotopic (exact) mass is 391 g/mol. The highest BCUT2D eigenvalue weighted by atomic mass is 79.9. The summed E-state index contributed by atoms with van der Waals surface area (Å²) in [4.78, 5) is 4.33. The lowest BCUT2D eigenvalue weighted by Crippen LogP contribution is -2.02. The van der Waals surface area contributed by atoms with E-state index in [1.54, 1.807) is 6.20 Å². The van der Waals surface area contributed by atoms with E-state index in [1.165, 1.54) is 0 Å². The van der Waals surface area contributed by atoms with Gasteiger partial charge in [-0.3, -0.25) is 4.98 Å². The summed E-state index contributed by atoms with van der Waals surface area (Å²) < 4.78 is 1.82. The molecule has 100 valence electrons. The van der Waals surface area contributed by atoms with E-state index in [2.05, 4.69) is 36.8 Å². The molecule has 2 aromatic carbocycles. The van der Waals surface area contributed by atoms with Crippen LogP contribution in [0.25, 0.3) is 10.9 Å². The van der Waals surface area contributed by atoms with Crippen LogP contribution in [0.3, 0.4) is 0 Å². The van der Waals surface area contributed by atoms with Crippen molar-refractivity contribution in [2.45, 2.75) is 6.10 Å². The predicted octanol–water partition coefficient (Wildman–Crippen LogP) is 4.84. The second kappa shape index (κ2) is 5.64. The number of fused-ring (bicyclic) bond motifs is 1. The molecular weight excluding hydrogens is 382 g/mol. The maximum absolute atomic E-state index is 10.7. The molecule has 0 spiro atoms. The van der Waals surface area contributed by atoms with Gasteiger partial charge >= 0.3 is 0 Å². The molecule has 0 amide bonds. The standard InChI is InChI=1S/C16H11Br2NO/c17-10-6-7-14(18)13(9-10)16(20)12-3-1-5-15-11(12)4-2-8-19-15/h1-9,16,20H. The fraction of sp³-hybridized carbons (Fsp3) is 0.0625. The smallest absolute Gasteiger partial charge is 0.106 e. The number of benzene rings is 2. The predicted molar refractivity (Wildman–Crippen MR) is 87.6 cm³/mol. The SMILES string of the molecule is OC(c1cc(Br)ccc1Br)c1cccc2ncccc12.